The van der Waals surface area contributed by atoms with Crippen molar-refractivity contribution >= 4 is 31.6 Å². The predicted octanol–water partition coefficient (Wildman–Crippen LogP) is 3.20. The normalized spacial score (nSPS) is 19.8. The van der Waals surface area contributed by atoms with Crippen molar-refractivity contribution in [1.82, 2.24) is 4.57 Å². The molecule has 3 atom stereocenters. The van der Waals surface area contributed by atoms with Crippen molar-refractivity contribution in [2.75, 3.05) is 0 Å². The SMILES string of the molecule is C[C@@H](O)C1C(=O)N([Si](C)(C)C(C)(C)C)C1CC(=O)CC(=O)OCc1ccc([N+](=O)[O-])cc1. The van der Waals surface area contributed by atoms with Crippen LogP contribution in [0.2, 0.25) is 18.1 Å². The van der Waals surface area contributed by atoms with Crippen LogP contribution in [0.1, 0.15) is 46.1 Å². The van der Waals surface area contributed by atoms with Gasteiger partial charge in [-0.3, -0.25) is 24.5 Å². The van der Waals surface area contributed by atoms with E-state index in [1.54, 1.807) is 11.5 Å². The summed E-state index contributed by atoms with van der Waals surface area (Å²) >= 11 is 0. The molecule has 1 aliphatic rings. The number of rotatable bonds is 9. The fraction of sp³-hybridized carbons (Fsp3) is 0.591. The first-order valence-corrected chi connectivity index (χ1v) is 13.5. The first kappa shape index (κ1) is 25.7. The summed E-state index contributed by atoms with van der Waals surface area (Å²) < 4.78 is 6.92. The lowest BCUT2D eigenvalue weighted by Gasteiger charge is -2.59. The van der Waals surface area contributed by atoms with E-state index in [1.165, 1.54) is 24.3 Å². The van der Waals surface area contributed by atoms with Crippen molar-refractivity contribution in [1.29, 1.82) is 0 Å². The minimum atomic E-state index is -2.26. The third kappa shape index (κ3) is 5.42. The van der Waals surface area contributed by atoms with E-state index in [0.717, 1.165) is 0 Å². The molecule has 10 heteroatoms. The van der Waals surface area contributed by atoms with Crippen LogP contribution >= 0.6 is 0 Å². The number of Topliss-reactive ketones (excluding diaryl/α,β-unsaturated/α-hetero) is 1. The first-order valence-electron chi connectivity index (χ1n) is 10.6. The monoisotopic (exact) mass is 464 g/mol. The molecule has 0 aliphatic carbocycles. The molecular formula is C22H32N2O7Si. The number of amides is 1. The summed E-state index contributed by atoms with van der Waals surface area (Å²) in [7, 11) is -2.26. The van der Waals surface area contributed by atoms with Crippen LogP contribution in [0, 0.1) is 16.0 Å². The number of hydrogen-bond donors (Lipinski definition) is 1. The van der Waals surface area contributed by atoms with Gasteiger partial charge in [0.15, 0.2) is 8.24 Å². The molecule has 32 heavy (non-hydrogen) atoms. The number of hydrogen-bond acceptors (Lipinski definition) is 7. The summed E-state index contributed by atoms with van der Waals surface area (Å²) in [6.07, 6.45) is -1.33. The average molecular weight is 465 g/mol. The number of benzene rings is 1. The van der Waals surface area contributed by atoms with Gasteiger partial charge in [-0.25, -0.2) is 0 Å². The van der Waals surface area contributed by atoms with E-state index < -0.39 is 43.6 Å². The largest absolute Gasteiger partial charge is 0.460 e. The van der Waals surface area contributed by atoms with Gasteiger partial charge in [-0.05, 0) is 29.7 Å². The Morgan fingerprint density at radius 2 is 1.81 bits per heavy atom. The molecular weight excluding hydrogens is 432 g/mol. The molecule has 176 valence electrons. The van der Waals surface area contributed by atoms with Crippen LogP contribution in [0.25, 0.3) is 0 Å². The number of carbonyl (C=O) groups excluding carboxylic acids is 3. The zero-order valence-corrected chi connectivity index (χ0v) is 20.5. The Hall–Kier alpha value is -2.59. The molecule has 2 unspecified atom stereocenters. The maximum Gasteiger partial charge on any atom is 0.313 e. The molecule has 0 bridgehead atoms. The molecule has 1 amide bonds. The summed E-state index contributed by atoms with van der Waals surface area (Å²) in [5, 5.41) is 20.6. The molecule has 1 aromatic carbocycles. The topological polar surface area (TPSA) is 127 Å². The number of nitrogens with zero attached hydrogens (tertiary/aromatic N) is 2. The van der Waals surface area contributed by atoms with Gasteiger partial charge < -0.3 is 14.4 Å². The molecule has 0 aromatic heterocycles. The molecule has 0 spiro atoms. The minimum Gasteiger partial charge on any atom is -0.460 e. The highest BCUT2D eigenvalue weighted by atomic mass is 28.3. The zero-order chi connectivity index (χ0) is 24.4. The molecule has 1 fully saturated rings. The first-order chi connectivity index (χ1) is 14.7. The van der Waals surface area contributed by atoms with E-state index >= 15 is 0 Å². The number of β-lactam (4-membered cyclic amide) rings is 1. The molecule has 1 saturated heterocycles. The van der Waals surface area contributed by atoms with E-state index in [4.69, 9.17) is 4.74 Å². The van der Waals surface area contributed by atoms with Crippen LogP contribution in [0.5, 0.6) is 0 Å². The number of aliphatic hydroxyl groups is 1. The summed E-state index contributed by atoms with van der Waals surface area (Å²) in [6.45, 7) is 11.8. The Morgan fingerprint density at radius 1 is 1.25 bits per heavy atom. The number of esters is 1. The van der Waals surface area contributed by atoms with Crippen LogP contribution in [0.4, 0.5) is 5.69 Å². The van der Waals surface area contributed by atoms with Crippen molar-refractivity contribution in [3.05, 3.63) is 39.9 Å². The second-order valence-electron chi connectivity index (χ2n) is 9.85. The third-order valence-corrected chi connectivity index (χ3v) is 12.0. The minimum absolute atomic E-state index is 0.0134. The number of non-ortho nitro benzene ring substituents is 1. The predicted molar refractivity (Wildman–Crippen MR) is 120 cm³/mol. The van der Waals surface area contributed by atoms with Crippen molar-refractivity contribution in [3.8, 4) is 0 Å². The van der Waals surface area contributed by atoms with E-state index in [9.17, 15) is 29.6 Å². The molecule has 1 heterocycles. The summed E-state index contributed by atoms with van der Waals surface area (Å²) in [6, 6.07) is 5.16. The number of ether oxygens (including phenoxy) is 1. The van der Waals surface area contributed by atoms with Crippen molar-refractivity contribution in [2.24, 2.45) is 5.92 Å². The van der Waals surface area contributed by atoms with E-state index in [0.29, 0.717) is 5.56 Å². The maximum atomic E-state index is 12.8. The Morgan fingerprint density at radius 3 is 2.28 bits per heavy atom. The fourth-order valence-electron chi connectivity index (χ4n) is 3.76. The second-order valence-corrected chi connectivity index (χ2v) is 15.0. The van der Waals surface area contributed by atoms with Gasteiger partial charge in [-0.15, -0.1) is 0 Å². The lowest BCUT2D eigenvalue weighted by Crippen LogP contribution is -2.74. The fourth-order valence-corrected chi connectivity index (χ4v) is 6.26. The highest BCUT2D eigenvalue weighted by Crippen LogP contribution is 2.46. The van der Waals surface area contributed by atoms with Crippen molar-refractivity contribution in [2.45, 2.75) is 77.4 Å². The number of nitro groups is 1. The van der Waals surface area contributed by atoms with Gasteiger partial charge in [0.1, 0.15) is 18.8 Å². The zero-order valence-electron chi connectivity index (χ0n) is 19.5. The van der Waals surface area contributed by atoms with E-state index in [-0.39, 0.29) is 35.4 Å². The number of ketones is 1. The highest BCUT2D eigenvalue weighted by molar-refractivity contribution is 6.80. The number of aliphatic hydroxyl groups excluding tert-OH is 1. The lowest BCUT2D eigenvalue weighted by atomic mass is 9.82. The lowest BCUT2D eigenvalue weighted by molar-refractivity contribution is -0.384. The third-order valence-electron chi connectivity index (χ3n) is 6.55. The standard InChI is InChI=1S/C22H32N2O7Si/c1-14(25)20-18(23(21(20)28)32(5,6)22(2,3)4)11-17(26)12-19(27)31-13-15-7-9-16(10-8-15)24(29)30/h7-10,14,18,20,25H,11-13H2,1-6H3/t14-,18?,20?/m1/s1. The molecule has 1 aromatic rings. The van der Waals surface area contributed by atoms with E-state index in [1.807, 2.05) is 0 Å². The quantitative estimate of drug-likeness (QED) is 0.148. The average Bonchev–Trinajstić information content (AvgIpc) is 2.64. The number of nitro benzene ring substituents is 1. The van der Waals surface area contributed by atoms with Gasteiger partial charge in [0, 0.05) is 24.6 Å². The summed E-state index contributed by atoms with van der Waals surface area (Å²) in [5.41, 5.74) is 0.503. The summed E-state index contributed by atoms with van der Waals surface area (Å²) in [4.78, 5) is 47.7. The van der Waals surface area contributed by atoms with Gasteiger partial charge in [-0.1, -0.05) is 33.9 Å². The summed E-state index contributed by atoms with van der Waals surface area (Å²) in [5.74, 6) is -1.84. The van der Waals surface area contributed by atoms with Gasteiger partial charge in [0.2, 0.25) is 5.91 Å². The van der Waals surface area contributed by atoms with Crippen LogP contribution in [0.3, 0.4) is 0 Å². The molecule has 0 saturated carbocycles. The Kier molecular flexibility index (Phi) is 7.61. The molecule has 1 aliphatic heterocycles. The van der Waals surface area contributed by atoms with Gasteiger partial charge in [-0.2, -0.15) is 0 Å². The molecule has 0 radical (unpaired) electrons. The molecule has 9 nitrogen and oxygen atoms in total. The smallest absolute Gasteiger partial charge is 0.313 e. The Balaban J connectivity index is 1.98. The van der Waals surface area contributed by atoms with Gasteiger partial charge >= 0.3 is 5.97 Å². The van der Waals surface area contributed by atoms with Crippen molar-refractivity contribution in [3.63, 3.8) is 0 Å². The number of carbonyl (C=O) groups is 3. The Bertz CT molecular complexity index is 891. The van der Waals surface area contributed by atoms with Crippen LogP contribution in [0.15, 0.2) is 24.3 Å². The van der Waals surface area contributed by atoms with Crippen LogP contribution in [-0.2, 0) is 25.7 Å². The van der Waals surface area contributed by atoms with Crippen LogP contribution < -0.4 is 0 Å². The maximum absolute atomic E-state index is 12.8. The van der Waals surface area contributed by atoms with Crippen LogP contribution in [-0.4, -0.2) is 52.6 Å². The van der Waals surface area contributed by atoms with Gasteiger partial charge in [0.05, 0.1) is 16.9 Å². The highest BCUT2D eigenvalue weighted by Gasteiger charge is 2.58. The molecule has 1 N–H and O–H groups in total. The van der Waals surface area contributed by atoms with E-state index in [2.05, 4.69) is 33.9 Å². The second kappa shape index (κ2) is 9.49. The van der Waals surface area contributed by atoms with Gasteiger partial charge in [0.25, 0.3) is 5.69 Å². The van der Waals surface area contributed by atoms with Crippen molar-refractivity contribution < 1.29 is 29.2 Å². The Labute approximate surface area is 189 Å². The molecule has 2 rings (SSSR count).